The smallest absolute Gasteiger partial charge is 0.302 e. The summed E-state index contributed by atoms with van der Waals surface area (Å²) >= 11 is 0. The summed E-state index contributed by atoms with van der Waals surface area (Å²) in [4.78, 5) is 11.8. The molecule has 0 fully saturated rings. The molecule has 3 rings (SSSR count). The van der Waals surface area contributed by atoms with Crippen molar-refractivity contribution in [3.05, 3.63) is 65.6 Å². The first-order valence-electron chi connectivity index (χ1n) is 5.60. The summed E-state index contributed by atoms with van der Waals surface area (Å²) in [5.74, 6) is 0. The first-order chi connectivity index (χ1) is 8.75. The van der Waals surface area contributed by atoms with Crippen LogP contribution < -0.4 is 5.69 Å². The Bertz CT molecular complexity index is 704. The second kappa shape index (κ2) is 4.03. The van der Waals surface area contributed by atoms with Crippen molar-refractivity contribution in [3.63, 3.8) is 0 Å². The molecule has 1 aromatic carbocycles. The van der Waals surface area contributed by atoms with Crippen LogP contribution in [0.4, 0.5) is 0 Å². The molecule has 0 aliphatic carbocycles. The molecule has 5 heteroatoms. The van der Waals surface area contributed by atoms with Gasteiger partial charge in [-0.15, -0.1) is 0 Å². The fraction of sp³-hybridized carbons (Fsp3) is 0.0769. The van der Waals surface area contributed by atoms with Crippen molar-refractivity contribution >= 4 is 0 Å². The number of hydrogen-bond donors (Lipinski definition) is 0. The summed E-state index contributed by atoms with van der Waals surface area (Å²) in [5.41, 5.74) is 1.76. The second-order valence-electron chi connectivity index (χ2n) is 4.03. The van der Waals surface area contributed by atoms with Gasteiger partial charge in [0.1, 0.15) is 0 Å². The van der Waals surface area contributed by atoms with E-state index in [9.17, 15) is 4.79 Å². The van der Waals surface area contributed by atoms with Gasteiger partial charge in [-0.3, -0.25) is 4.57 Å². The van der Waals surface area contributed by atoms with Crippen molar-refractivity contribution in [2.45, 2.75) is 0 Å². The van der Waals surface area contributed by atoms with Crippen molar-refractivity contribution < 1.29 is 0 Å². The average molecular weight is 240 g/mol. The maximum atomic E-state index is 11.8. The van der Waals surface area contributed by atoms with Crippen LogP contribution in [0.25, 0.3) is 11.4 Å². The van der Waals surface area contributed by atoms with Gasteiger partial charge in [0.15, 0.2) is 0 Å². The fourth-order valence-electron chi connectivity index (χ4n) is 1.85. The van der Waals surface area contributed by atoms with E-state index in [0.717, 1.165) is 11.4 Å². The number of aromatic nitrogens is 4. The molecule has 18 heavy (non-hydrogen) atoms. The van der Waals surface area contributed by atoms with Gasteiger partial charge >= 0.3 is 5.69 Å². The summed E-state index contributed by atoms with van der Waals surface area (Å²) in [6.07, 6.45) is 7.11. The molecule has 90 valence electrons. The van der Waals surface area contributed by atoms with Crippen LogP contribution in [-0.2, 0) is 7.05 Å². The highest BCUT2D eigenvalue weighted by Crippen LogP contribution is 2.10. The maximum absolute atomic E-state index is 11.8. The molecular weight excluding hydrogens is 228 g/mol. The molecule has 0 unspecified atom stereocenters. The lowest BCUT2D eigenvalue weighted by molar-refractivity contribution is 0.823. The lowest BCUT2D eigenvalue weighted by Crippen LogP contribution is -2.20. The standard InChI is InChI=1S/C13H12N4O/c1-15-9-10-16(13(15)18)11-3-5-12(6-4-11)17-8-2-7-14-17/h2-10H,1H3. The van der Waals surface area contributed by atoms with Gasteiger partial charge in [-0.05, 0) is 30.3 Å². The number of benzene rings is 1. The Morgan fingerprint density at radius 3 is 2.28 bits per heavy atom. The van der Waals surface area contributed by atoms with Gasteiger partial charge in [0.05, 0.1) is 11.4 Å². The third kappa shape index (κ3) is 1.66. The van der Waals surface area contributed by atoms with E-state index in [2.05, 4.69) is 5.10 Å². The molecule has 5 nitrogen and oxygen atoms in total. The Kier molecular flexibility index (Phi) is 2.37. The van der Waals surface area contributed by atoms with E-state index in [1.165, 1.54) is 0 Å². The highest BCUT2D eigenvalue weighted by molar-refractivity contribution is 5.40. The number of rotatable bonds is 2. The van der Waals surface area contributed by atoms with Gasteiger partial charge in [-0.25, -0.2) is 9.48 Å². The minimum absolute atomic E-state index is 0.0539. The van der Waals surface area contributed by atoms with Gasteiger partial charge in [-0.2, -0.15) is 5.10 Å². The van der Waals surface area contributed by atoms with Gasteiger partial charge in [-0.1, -0.05) is 0 Å². The Hall–Kier alpha value is -2.56. The SMILES string of the molecule is Cn1ccn(-c2ccc(-n3cccn3)cc2)c1=O. The summed E-state index contributed by atoms with van der Waals surface area (Å²) in [5, 5.41) is 4.15. The second-order valence-corrected chi connectivity index (χ2v) is 4.03. The molecule has 0 spiro atoms. The normalized spacial score (nSPS) is 10.7. The van der Waals surface area contributed by atoms with Crippen LogP contribution >= 0.6 is 0 Å². The van der Waals surface area contributed by atoms with Crippen molar-refractivity contribution in [3.8, 4) is 11.4 Å². The molecule has 0 aliphatic heterocycles. The van der Waals surface area contributed by atoms with Crippen molar-refractivity contribution in [2.75, 3.05) is 0 Å². The van der Waals surface area contributed by atoms with Crippen LogP contribution in [-0.4, -0.2) is 18.9 Å². The summed E-state index contributed by atoms with van der Waals surface area (Å²) in [7, 11) is 1.73. The van der Waals surface area contributed by atoms with Gasteiger partial charge in [0.25, 0.3) is 0 Å². The first-order valence-corrected chi connectivity index (χ1v) is 5.60. The molecule has 0 N–H and O–H groups in total. The number of hydrogen-bond acceptors (Lipinski definition) is 2. The van der Waals surface area contributed by atoms with Crippen molar-refractivity contribution in [2.24, 2.45) is 7.05 Å². The highest BCUT2D eigenvalue weighted by Gasteiger charge is 2.03. The van der Waals surface area contributed by atoms with Crippen LogP contribution in [0.5, 0.6) is 0 Å². The molecular formula is C13H12N4O. The average Bonchev–Trinajstić information content (AvgIpc) is 3.02. The van der Waals surface area contributed by atoms with Crippen molar-refractivity contribution in [1.82, 2.24) is 18.9 Å². The Balaban J connectivity index is 2.01. The van der Waals surface area contributed by atoms with Crippen molar-refractivity contribution in [1.29, 1.82) is 0 Å². The zero-order valence-corrected chi connectivity index (χ0v) is 9.89. The molecule has 0 radical (unpaired) electrons. The lowest BCUT2D eigenvalue weighted by Gasteiger charge is -2.04. The number of imidazole rings is 1. The molecule has 2 aromatic heterocycles. The third-order valence-electron chi connectivity index (χ3n) is 2.84. The third-order valence-corrected chi connectivity index (χ3v) is 2.84. The predicted octanol–water partition coefficient (Wildman–Crippen LogP) is 1.36. The highest BCUT2D eigenvalue weighted by atomic mass is 16.1. The van der Waals surface area contributed by atoms with E-state index in [0.29, 0.717) is 0 Å². The topological polar surface area (TPSA) is 44.8 Å². The van der Waals surface area contributed by atoms with E-state index in [-0.39, 0.29) is 5.69 Å². The summed E-state index contributed by atoms with van der Waals surface area (Å²) in [6, 6.07) is 9.54. The van der Waals surface area contributed by atoms with Gasteiger partial charge in [0.2, 0.25) is 0 Å². The van der Waals surface area contributed by atoms with E-state index >= 15 is 0 Å². The Morgan fingerprint density at radius 1 is 1.00 bits per heavy atom. The van der Waals surface area contributed by atoms with Crippen LogP contribution in [0.15, 0.2) is 59.9 Å². The maximum Gasteiger partial charge on any atom is 0.332 e. The Labute approximate surface area is 104 Å². The predicted molar refractivity (Wildman–Crippen MR) is 68.1 cm³/mol. The zero-order chi connectivity index (χ0) is 12.5. The minimum atomic E-state index is -0.0539. The quantitative estimate of drug-likeness (QED) is 0.679. The molecule has 3 aromatic rings. The molecule has 2 heterocycles. The molecule has 0 saturated heterocycles. The van der Waals surface area contributed by atoms with Crippen LogP contribution in [0.2, 0.25) is 0 Å². The minimum Gasteiger partial charge on any atom is -0.302 e. The van der Waals surface area contributed by atoms with E-state index < -0.39 is 0 Å². The molecule has 0 atom stereocenters. The molecule has 0 saturated carbocycles. The van der Waals surface area contributed by atoms with Crippen LogP contribution in [0.3, 0.4) is 0 Å². The van der Waals surface area contributed by atoms with Gasteiger partial charge < -0.3 is 4.57 Å². The lowest BCUT2D eigenvalue weighted by atomic mass is 10.3. The molecule has 0 aliphatic rings. The Morgan fingerprint density at radius 2 is 1.72 bits per heavy atom. The summed E-state index contributed by atoms with van der Waals surface area (Å²) < 4.78 is 4.92. The fourth-order valence-corrected chi connectivity index (χ4v) is 1.85. The van der Waals surface area contributed by atoms with Gasteiger partial charge in [0, 0.05) is 31.8 Å². The largest absolute Gasteiger partial charge is 0.332 e. The molecule has 0 amide bonds. The summed E-state index contributed by atoms with van der Waals surface area (Å²) in [6.45, 7) is 0. The number of nitrogens with zero attached hydrogens (tertiary/aromatic N) is 4. The van der Waals surface area contributed by atoms with E-state index in [4.69, 9.17) is 0 Å². The van der Waals surface area contributed by atoms with E-state index in [1.54, 1.807) is 39.5 Å². The zero-order valence-electron chi connectivity index (χ0n) is 9.89. The number of aryl methyl sites for hydroxylation is 1. The molecule has 0 bridgehead atoms. The van der Waals surface area contributed by atoms with Crippen LogP contribution in [0, 0.1) is 0 Å². The van der Waals surface area contributed by atoms with E-state index in [1.807, 2.05) is 36.5 Å². The van der Waals surface area contributed by atoms with Crippen LogP contribution in [0.1, 0.15) is 0 Å². The monoisotopic (exact) mass is 240 g/mol. The first kappa shape index (κ1) is 10.6.